The molecule has 0 saturated heterocycles. The van der Waals surface area contributed by atoms with Gasteiger partial charge in [0.05, 0.1) is 23.2 Å². The molecule has 0 saturated carbocycles. The smallest absolute Gasteiger partial charge is 0.126 e. The lowest BCUT2D eigenvalue weighted by atomic mass is 10.1. The van der Waals surface area contributed by atoms with Crippen LogP contribution in [-0.4, -0.2) is 16.8 Å². The number of aromatic nitrogens is 2. The Kier molecular flexibility index (Phi) is 3.86. The highest BCUT2D eigenvalue weighted by Crippen LogP contribution is 2.28. The summed E-state index contributed by atoms with van der Waals surface area (Å²) in [4.78, 5) is 0. The van der Waals surface area contributed by atoms with Crippen LogP contribution in [0.1, 0.15) is 30.8 Å². The van der Waals surface area contributed by atoms with E-state index >= 15 is 0 Å². The molecule has 0 bridgehead atoms. The van der Waals surface area contributed by atoms with Crippen molar-refractivity contribution in [3.63, 3.8) is 0 Å². The van der Waals surface area contributed by atoms with E-state index in [-0.39, 0.29) is 6.04 Å². The molecule has 2 rings (SSSR count). The van der Waals surface area contributed by atoms with Crippen molar-refractivity contribution in [2.75, 3.05) is 7.05 Å². The molecule has 0 fully saturated rings. The van der Waals surface area contributed by atoms with Gasteiger partial charge in [0.25, 0.3) is 0 Å². The molecular formula is C12H16ClN3O. The summed E-state index contributed by atoms with van der Waals surface area (Å²) in [6, 6.07) is 3.74. The summed E-state index contributed by atoms with van der Waals surface area (Å²) in [6.07, 6.45) is 4.35. The summed E-state index contributed by atoms with van der Waals surface area (Å²) in [5.41, 5.74) is 0.950. The van der Waals surface area contributed by atoms with E-state index in [1.165, 1.54) is 0 Å². The summed E-state index contributed by atoms with van der Waals surface area (Å²) >= 11 is 6.21. The van der Waals surface area contributed by atoms with E-state index in [0.717, 1.165) is 24.4 Å². The Morgan fingerprint density at radius 1 is 1.59 bits per heavy atom. The second kappa shape index (κ2) is 5.38. The summed E-state index contributed by atoms with van der Waals surface area (Å²) < 4.78 is 7.36. The van der Waals surface area contributed by atoms with Crippen molar-refractivity contribution in [2.45, 2.75) is 25.9 Å². The van der Waals surface area contributed by atoms with Gasteiger partial charge in [-0.2, -0.15) is 5.10 Å². The number of nitrogens with one attached hydrogen (secondary N) is 1. The van der Waals surface area contributed by atoms with Crippen molar-refractivity contribution in [2.24, 2.45) is 0 Å². The molecule has 0 spiro atoms. The second-order valence-corrected chi connectivity index (χ2v) is 4.25. The molecule has 0 aliphatic rings. The largest absolute Gasteiger partial charge is 0.467 e. The van der Waals surface area contributed by atoms with Crippen LogP contribution in [0.2, 0.25) is 5.02 Å². The van der Waals surface area contributed by atoms with Crippen LogP contribution in [0.3, 0.4) is 0 Å². The van der Waals surface area contributed by atoms with Crippen LogP contribution >= 0.6 is 11.6 Å². The SMILES string of the molecule is CCCn1ncc(Cl)c1C(NC)c1ccco1. The van der Waals surface area contributed by atoms with E-state index in [4.69, 9.17) is 16.0 Å². The zero-order valence-corrected chi connectivity index (χ0v) is 10.7. The van der Waals surface area contributed by atoms with Gasteiger partial charge in [-0.3, -0.25) is 4.68 Å². The van der Waals surface area contributed by atoms with Gasteiger partial charge >= 0.3 is 0 Å². The fourth-order valence-electron chi connectivity index (χ4n) is 1.92. The van der Waals surface area contributed by atoms with Gasteiger partial charge in [0, 0.05) is 6.54 Å². The van der Waals surface area contributed by atoms with Crippen LogP contribution in [0.4, 0.5) is 0 Å². The van der Waals surface area contributed by atoms with Gasteiger partial charge in [0.1, 0.15) is 11.8 Å². The van der Waals surface area contributed by atoms with E-state index in [1.54, 1.807) is 12.5 Å². The third kappa shape index (κ3) is 2.37. The van der Waals surface area contributed by atoms with Crippen LogP contribution in [0.25, 0.3) is 0 Å². The lowest BCUT2D eigenvalue weighted by Crippen LogP contribution is -2.21. The first-order valence-electron chi connectivity index (χ1n) is 5.69. The number of furan rings is 1. The Hall–Kier alpha value is -1.26. The Morgan fingerprint density at radius 2 is 2.41 bits per heavy atom. The number of nitrogens with zero attached hydrogens (tertiary/aromatic N) is 2. The van der Waals surface area contributed by atoms with Crippen LogP contribution in [0.15, 0.2) is 29.0 Å². The maximum atomic E-state index is 6.21. The van der Waals surface area contributed by atoms with Crippen molar-refractivity contribution in [1.29, 1.82) is 0 Å². The molecule has 5 heteroatoms. The summed E-state index contributed by atoms with van der Waals surface area (Å²) in [6.45, 7) is 2.96. The molecular weight excluding hydrogens is 238 g/mol. The van der Waals surface area contributed by atoms with Crippen molar-refractivity contribution in [3.8, 4) is 0 Å². The average molecular weight is 254 g/mol. The average Bonchev–Trinajstić information content (AvgIpc) is 2.94. The number of hydrogen-bond acceptors (Lipinski definition) is 3. The van der Waals surface area contributed by atoms with Crippen LogP contribution in [-0.2, 0) is 6.54 Å². The highest BCUT2D eigenvalue weighted by atomic mass is 35.5. The minimum atomic E-state index is -0.0634. The molecule has 4 nitrogen and oxygen atoms in total. The summed E-state index contributed by atoms with van der Waals surface area (Å²) in [5.74, 6) is 0.840. The molecule has 0 aromatic carbocycles. The normalized spacial score (nSPS) is 12.9. The van der Waals surface area contributed by atoms with E-state index in [1.807, 2.05) is 23.9 Å². The highest BCUT2D eigenvalue weighted by Gasteiger charge is 2.22. The minimum Gasteiger partial charge on any atom is -0.467 e. The molecule has 2 heterocycles. The molecule has 1 unspecified atom stereocenters. The number of rotatable bonds is 5. The molecule has 0 amide bonds. The van der Waals surface area contributed by atoms with Gasteiger partial charge in [0.2, 0.25) is 0 Å². The third-order valence-electron chi connectivity index (χ3n) is 2.66. The molecule has 92 valence electrons. The molecule has 0 aliphatic heterocycles. The fourth-order valence-corrected chi connectivity index (χ4v) is 2.17. The van der Waals surface area contributed by atoms with Crippen LogP contribution in [0, 0.1) is 0 Å². The van der Waals surface area contributed by atoms with E-state index in [9.17, 15) is 0 Å². The molecule has 1 atom stereocenters. The number of aryl methyl sites for hydroxylation is 1. The van der Waals surface area contributed by atoms with E-state index < -0.39 is 0 Å². The lowest BCUT2D eigenvalue weighted by molar-refractivity contribution is 0.440. The predicted molar refractivity (Wildman–Crippen MR) is 67.1 cm³/mol. The van der Waals surface area contributed by atoms with Gasteiger partial charge in [-0.1, -0.05) is 18.5 Å². The standard InChI is InChI=1S/C12H16ClN3O/c1-3-6-16-12(9(13)8-15-16)11(14-2)10-5-4-7-17-10/h4-5,7-8,11,14H,3,6H2,1-2H3. The molecule has 0 aliphatic carbocycles. The highest BCUT2D eigenvalue weighted by molar-refractivity contribution is 6.31. The second-order valence-electron chi connectivity index (χ2n) is 3.84. The maximum Gasteiger partial charge on any atom is 0.126 e. The maximum absolute atomic E-state index is 6.21. The Morgan fingerprint density at radius 3 is 3.00 bits per heavy atom. The third-order valence-corrected chi connectivity index (χ3v) is 2.95. The van der Waals surface area contributed by atoms with Gasteiger partial charge in [-0.15, -0.1) is 0 Å². The monoisotopic (exact) mass is 253 g/mol. The van der Waals surface area contributed by atoms with Crippen molar-refractivity contribution in [3.05, 3.63) is 41.1 Å². The number of hydrogen-bond donors (Lipinski definition) is 1. The Labute approximate surface area is 106 Å². The molecule has 17 heavy (non-hydrogen) atoms. The van der Waals surface area contributed by atoms with Gasteiger partial charge in [-0.25, -0.2) is 0 Å². The lowest BCUT2D eigenvalue weighted by Gasteiger charge is -2.16. The molecule has 2 aromatic heterocycles. The Bertz CT molecular complexity index is 464. The van der Waals surface area contributed by atoms with Gasteiger partial charge in [-0.05, 0) is 25.6 Å². The zero-order chi connectivity index (χ0) is 12.3. The van der Waals surface area contributed by atoms with E-state index in [2.05, 4.69) is 17.3 Å². The van der Waals surface area contributed by atoms with Gasteiger partial charge < -0.3 is 9.73 Å². The first-order chi connectivity index (χ1) is 8.27. The number of halogens is 1. The topological polar surface area (TPSA) is 43.0 Å². The molecule has 1 N–H and O–H groups in total. The summed E-state index contributed by atoms with van der Waals surface area (Å²) in [5, 5.41) is 8.16. The van der Waals surface area contributed by atoms with Crippen LogP contribution in [0.5, 0.6) is 0 Å². The quantitative estimate of drug-likeness (QED) is 0.891. The van der Waals surface area contributed by atoms with Crippen molar-refractivity contribution >= 4 is 11.6 Å². The van der Waals surface area contributed by atoms with Crippen LogP contribution < -0.4 is 5.32 Å². The van der Waals surface area contributed by atoms with Crippen molar-refractivity contribution in [1.82, 2.24) is 15.1 Å². The predicted octanol–water partition coefficient (Wildman–Crippen LogP) is 2.85. The van der Waals surface area contributed by atoms with E-state index in [0.29, 0.717) is 5.02 Å². The zero-order valence-electron chi connectivity index (χ0n) is 9.98. The fraction of sp³-hybridized carbons (Fsp3) is 0.417. The van der Waals surface area contributed by atoms with Gasteiger partial charge in [0.15, 0.2) is 0 Å². The first-order valence-corrected chi connectivity index (χ1v) is 6.07. The molecule has 0 radical (unpaired) electrons. The minimum absolute atomic E-state index is 0.0634. The Balaban J connectivity index is 2.39. The summed E-state index contributed by atoms with van der Waals surface area (Å²) in [7, 11) is 1.88. The first kappa shape index (κ1) is 12.2. The van der Waals surface area contributed by atoms with Crippen molar-refractivity contribution < 1.29 is 4.42 Å². The molecule has 2 aromatic rings.